The van der Waals surface area contributed by atoms with Crippen LogP contribution in [0, 0.1) is 5.82 Å². The maximum Gasteiger partial charge on any atom is 0.337 e. The van der Waals surface area contributed by atoms with Crippen LogP contribution in [0.4, 0.5) is 10.1 Å². The number of nitrogens with zero attached hydrogens (tertiary/aromatic N) is 1. The lowest BCUT2D eigenvalue weighted by molar-refractivity contribution is 0.0698. The average Bonchev–Trinajstić information content (AvgIpc) is 2.73. The Balaban J connectivity index is 1.81. The molecule has 0 unspecified atom stereocenters. The summed E-state index contributed by atoms with van der Waals surface area (Å²) in [6.45, 7) is 0.0170. The van der Waals surface area contributed by atoms with Crippen molar-refractivity contribution in [2.45, 2.75) is 6.61 Å². The molecule has 0 heterocycles. The first-order valence-electron chi connectivity index (χ1n) is 8.74. The molecule has 0 spiro atoms. The van der Waals surface area contributed by atoms with Crippen molar-refractivity contribution in [3.63, 3.8) is 0 Å². The zero-order chi connectivity index (χ0) is 20.6. The first-order chi connectivity index (χ1) is 14.1. The van der Waals surface area contributed by atoms with Crippen molar-refractivity contribution in [2.24, 2.45) is 5.10 Å². The molecule has 0 bridgehead atoms. The molecule has 0 fully saturated rings. The fourth-order valence-electron chi connectivity index (χ4n) is 2.65. The molecule has 0 atom stereocenters. The summed E-state index contributed by atoms with van der Waals surface area (Å²) < 4.78 is 25.0. The van der Waals surface area contributed by atoms with Crippen molar-refractivity contribution in [2.75, 3.05) is 12.5 Å². The maximum absolute atomic E-state index is 13.9. The molecule has 3 aromatic carbocycles. The minimum atomic E-state index is -1.06. The van der Waals surface area contributed by atoms with Crippen LogP contribution in [-0.4, -0.2) is 24.4 Å². The van der Waals surface area contributed by atoms with Gasteiger partial charge in [0.1, 0.15) is 12.4 Å². The van der Waals surface area contributed by atoms with Crippen LogP contribution in [0.25, 0.3) is 0 Å². The van der Waals surface area contributed by atoms with E-state index in [1.165, 1.54) is 25.5 Å². The van der Waals surface area contributed by atoms with Gasteiger partial charge in [-0.2, -0.15) is 5.10 Å². The van der Waals surface area contributed by atoms with E-state index in [1.807, 2.05) is 0 Å². The van der Waals surface area contributed by atoms with E-state index in [0.29, 0.717) is 28.3 Å². The number of hydrogen-bond acceptors (Lipinski definition) is 5. The lowest BCUT2D eigenvalue weighted by Gasteiger charge is -2.13. The number of nitrogens with one attached hydrogen (secondary N) is 1. The van der Waals surface area contributed by atoms with Gasteiger partial charge in [0.25, 0.3) is 0 Å². The number of aromatic carboxylic acids is 1. The molecule has 0 radical (unpaired) electrons. The summed E-state index contributed by atoms with van der Waals surface area (Å²) in [4.78, 5) is 11.3. The number of hydrazone groups is 1. The summed E-state index contributed by atoms with van der Waals surface area (Å²) in [5, 5.41) is 13.4. The Morgan fingerprint density at radius 1 is 1.10 bits per heavy atom. The van der Waals surface area contributed by atoms with Crippen LogP contribution in [0.3, 0.4) is 0 Å². The summed E-state index contributed by atoms with van der Waals surface area (Å²) in [5.74, 6) is -0.547. The summed E-state index contributed by atoms with van der Waals surface area (Å²) in [6, 6.07) is 18.0. The van der Waals surface area contributed by atoms with E-state index >= 15 is 0 Å². The number of benzene rings is 3. The first-order valence-corrected chi connectivity index (χ1v) is 8.74. The summed E-state index contributed by atoms with van der Waals surface area (Å²) in [6.07, 6.45) is 1.48. The molecule has 2 N–H and O–H groups in total. The molecule has 0 aliphatic carbocycles. The van der Waals surface area contributed by atoms with Gasteiger partial charge in [-0.05, 0) is 30.3 Å². The van der Waals surface area contributed by atoms with Gasteiger partial charge in [0, 0.05) is 11.1 Å². The van der Waals surface area contributed by atoms with Crippen molar-refractivity contribution < 1.29 is 23.8 Å². The molecule has 7 heteroatoms. The quantitative estimate of drug-likeness (QED) is 0.433. The van der Waals surface area contributed by atoms with Crippen LogP contribution in [0.15, 0.2) is 71.8 Å². The second kappa shape index (κ2) is 9.36. The maximum atomic E-state index is 13.9. The Kier molecular flexibility index (Phi) is 6.42. The largest absolute Gasteiger partial charge is 0.493 e. The summed E-state index contributed by atoms with van der Waals surface area (Å²) >= 11 is 0. The lowest BCUT2D eigenvalue weighted by Crippen LogP contribution is -2.04. The van der Waals surface area contributed by atoms with Crippen LogP contribution in [0.2, 0.25) is 0 Å². The van der Waals surface area contributed by atoms with Crippen molar-refractivity contribution >= 4 is 17.9 Å². The normalized spacial score (nSPS) is 10.7. The molecule has 0 aliphatic rings. The van der Waals surface area contributed by atoms with Gasteiger partial charge >= 0.3 is 5.97 Å². The van der Waals surface area contributed by atoms with Gasteiger partial charge in [0.2, 0.25) is 0 Å². The van der Waals surface area contributed by atoms with E-state index in [0.717, 1.165) is 0 Å². The third kappa shape index (κ3) is 4.90. The van der Waals surface area contributed by atoms with Gasteiger partial charge in [-0.15, -0.1) is 0 Å². The van der Waals surface area contributed by atoms with Crippen LogP contribution >= 0.6 is 0 Å². The molecule has 0 saturated heterocycles. The number of ether oxygens (including phenoxy) is 2. The van der Waals surface area contributed by atoms with Gasteiger partial charge in [-0.3, -0.25) is 5.43 Å². The fourth-order valence-corrected chi connectivity index (χ4v) is 2.65. The van der Waals surface area contributed by atoms with Gasteiger partial charge in [0.05, 0.1) is 24.6 Å². The Hall–Kier alpha value is -3.87. The Morgan fingerprint density at radius 2 is 1.86 bits per heavy atom. The second-order valence-corrected chi connectivity index (χ2v) is 5.98. The van der Waals surface area contributed by atoms with Crippen molar-refractivity contribution in [3.05, 3.63) is 89.2 Å². The topological polar surface area (TPSA) is 80.2 Å². The zero-order valence-electron chi connectivity index (χ0n) is 15.6. The van der Waals surface area contributed by atoms with E-state index in [1.54, 1.807) is 54.6 Å². The molecule has 148 valence electrons. The minimum absolute atomic E-state index is 0.0170. The lowest BCUT2D eigenvalue weighted by atomic mass is 10.2. The average molecular weight is 394 g/mol. The van der Waals surface area contributed by atoms with Gasteiger partial charge in [-0.1, -0.05) is 36.4 Å². The van der Waals surface area contributed by atoms with Crippen molar-refractivity contribution in [1.29, 1.82) is 0 Å². The highest BCUT2D eigenvalue weighted by molar-refractivity contribution is 5.94. The monoisotopic (exact) mass is 394 g/mol. The second-order valence-electron chi connectivity index (χ2n) is 5.98. The molecular weight excluding hydrogens is 375 g/mol. The van der Waals surface area contributed by atoms with E-state index < -0.39 is 5.97 Å². The van der Waals surface area contributed by atoms with E-state index in [9.17, 15) is 14.3 Å². The van der Waals surface area contributed by atoms with Crippen LogP contribution in [0.5, 0.6) is 11.5 Å². The number of methoxy groups -OCH3 is 1. The third-order valence-electron chi connectivity index (χ3n) is 4.11. The first kappa shape index (κ1) is 19.9. The molecule has 3 aromatic rings. The number of para-hydroxylation sites is 2. The molecule has 3 rings (SSSR count). The molecule has 0 aromatic heterocycles. The number of carboxylic acid groups (broad SMARTS) is 1. The van der Waals surface area contributed by atoms with E-state index in [2.05, 4.69) is 10.5 Å². The number of anilines is 1. The molecule has 0 aliphatic heterocycles. The van der Waals surface area contributed by atoms with E-state index in [4.69, 9.17) is 9.47 Å². The highest BCUT2D eigenvalue weighted by atomic mass is 19.1. The van der Waals surface area contributed by atoms with Crippen molar-refractivity contribution in [3.8, 4) is 11.5 Å². The van der Waals surface area contributed by atoms with Gasteiger partial charge in [0.15, 0.2) is 11.5 Å². The summed E-state index contributed by atoms with van der Waals surface area (Å²) in [7, 11) is 1.51. The Labute approximate surface area is 167 Å². The fraction of sp³-hybridized carbons (Fsp3) is 0.0909. The smallest absolute Gasteiger partial charge is 0.337 e. The number of halogens is 1. The van der Waals surface area contributed by atoms with Gasteiger partial charge < -0.3 is 14.6 Å². The third-order valence-corrected chi connectivity index (χ3v) is 4.11. The zero-order valence-corrected chi connectivity index (χ0v) is 15.6. The molecule has 29 heavy (non-hydrogen) atoms. The molecule has 0 amide bonds. The van der Waals surface area contributed by atoms with Crippen LogP contribution in [0.1, 0.15) is 21.5 Å². The molecule has 6 nitrogen and oxygen atoms in total. The summed E-state index contributed by atoms with van der Waals surface area (Å²) in [5.41, 5.74) is 4.18. The molecular formula is C22H19FN2O4. The number of rotatable bonds is 8. The van der Waals surface area contributed by atoms with Crippen LogP contribution < -0.4 is 14.9 Å². The van der Waals surface area contributed by atoms with Gasteiger partial charge in [-0.25, -0.2) is 9.18 Å². The van der Waals surface area contributed by atoms with Crippen molar-refractivity contribution in [1.82, 2.24) is 0 Å². The highest BCUT2D eigenvalue weighted by Gasteiger charge is 2.12. The molecule has 0 saturated carbocycles. The van der Waals surface area contributed by atoms with Crippen LogP contribution in [-0.2, 0) is 6.61 Å². The predicted octanol–water partition coefficient (Wildman–Crippen LogP) is 4.56. The number of carbonyl (C=O) groups is 1. The Bertz CT molecular complexity index is 1040. The highest BCUT2D eigenvalue weighted by Crippen LogP contribution is 2.31. The number of carboxylic acids is 1. The Morgan fingerprint density at radius 3 is 2.62 bits per heavy atom. The SMILES string of the molecule is COc1cccc(/C=N/Nc2ccccc2C(=O)O)c1OCc1ccccc1F. The predicted molar refractivity (Wildman–Crippen MR) is 108 cm³/mol. The van der Waals surface area contributed by atoms with E-state index in [-0.39, 0.29) is 18.0 Å². The number of hydrogen-bond donors (Lipinski definition) is 2. The standard InChI is InChI=1S/C22H19FN2O4/c1-28-20-12-6-8-15(21(20)29-14-16-7-2-4-10-18(16)23)13-24-25-19-11-5-3-9-17(19)22(26)27/h2-13,25H,14H2,1H3,(H,26,27)/b24-13+. The minimum Gasteiger partial charge on any atom is -0.493 e.